The molecule has 1 aliphatic rings. The molecule has 1 fully saturated rings. The number of piperazine rings is 1. The summed E-state index contributed by atoms with van der Waals surface area (Å²) < 4.78 is 5.29. The van der Waals surface area contributed by atoms with Gasteiger partial charge >= 0.3 is 0 Å². The number of rotatable bonds is 5. The number of aryl methyl sites for hydroxylation is 1. The molecule has 0 radical (unpaired) electrons. The number of nitrogens with one attached hydrogen (secondary N) is 1. The van der Waals surface area contributed by atoms with Gasteiger partial charge in [-0.3, -0.25) is 9.59 Å². The van der Waals surface area contributed by atoms with Gasteiger partial charge in [0.2, 0.25) is 11.8 Å². The van der Waals surface area contributed by atoms with Crippen LogP contribution in [-0.4, -0.2) is 35.3 Å². The number of carbonyl (C=O) groups excluding carboxylic acids is 2. The Morgan fingerprint density at radius 2 is 2.32 bits per heavy atom. The molecule has 1 aromatic rings. The summed E-state index contributed by atoms with van der Waals surface area (Å²) in [7, 11) is 0. The van der Waals surface area contributed by atoms with Gasteiger partial charge in [-0.1, -0.05) is 6.92 Å². The zero-order chi connectivity index (χ0) is 13.8. The second-order valence-corrected chi connectivity index (χ2v) is 4.91. The van der Waals surface area contributed by atoms with Gasteiger partial charge in [0.25, 0.3) is 0 Å². The van der Waals surface area contributed by atoms with Crippen LogP contribution in [0, 0.1) is 0 Å². The molecule has 2 rings (SSSR count). The van der Waals surface area contributed by atoms with Crippen molar-refractivity contribution in [3.05, 3.63) is 24.2 Å². The molecule has 2 atom stereocenters. The third-order valence-electron chi connectivity index (χ3n) is 3.59. The Kier molecular flexibility index (Phi) is 4.24. The highest BCUT2D eigenvalue weighted by Crippen LogP contribution is 2.17. The highest BCUT2D eigenvalue weighted by atomic mass is 16.3. The van der Waals surface area contributed by atoms with Crippen LogP contribution in [0.25, 0.3) is 0 Å². The molecule has 0 saturated carbocycles. The first-order chi connectivity index (χ1) is 9.13. The highest BCUT2D eigenvalue weighted by Gasteiger charge is 2.35. The second kappa shape index (κ2) is 5.91. The molecule has 0 aromatic carbocycles. The van der Waals surface area contributed by atoms with Gasteiger partial charge in [-0.25, -0.2) is 0 Å². The van der Waals surface area contributed by atoms with E-state index in [1.165, 1.54) is 0 Å². The van der Waals surface area contributed by atoms with E-state index in [2.05, 4.69) is 5.32 Å². The van der Waals surface area contributed by atoms with Crippen molar-refractivity contribution in [3.8, 4) is 0 Å². The predicted octanol–water partition coefficient (Wildman–Crippen LogP) is 1.34. The summed E-state index contributed by atoms with van der Waals surface area (Å²) in [5.41, 5.74) is 0. The van der Waals surface area contributed by atoms with Crippen molar-refractivity contribution >= 4 is 11.8 Å². The van der Waals surface area contributed by atoms with Crippen LogP contribution in [0.4, 0.5) is 0 Å². The summed E-state index contributed by atoms with van der Waals surface area (Å²) in [6.07, 6.45) is 3.86. The fourth-order valence-corrected chi connectivity index (χ4v) is 2.55. The Balaban J connectivity index is 2.00. The molecule has 2 unspecified atom stereocenters. The van der Waals surface area contributed by atoms with E-state index in [0.717, 1.165) is 18.6 Å². The lowest BCUT2D eigenvalue weighted by Gasteiger charge is -2.38. The number of hydrogen-bond donors (Lipinski definition) is 1. The van der Waals surface area contributed by atoms with Gasteiger partial charge in [0.15, 0.2) is 0 Å². The molecular formula is C14H20N2O3. The average Bonchev–Trinajstić information content (AvgIpc) is 2.91. The Morgan fingerprint density at radius 3 is 2.95 bits per heavy atom. The van der Waals surface area contributed by atoms with E-state index in [-0.39, 0.29) is 30.4 Å². The van der Waals surface area contributed by atoms with Crippen molar-refractivity contribution in [2.24, 2.45) is 0 Å². The van der Waals surface area contributed by atoms with E-state index in [0.29, 0.717) is 6.42 Å². The van der Waals surface area contributed by atoms with Crippen LogP contribution in [-0.2, 0) is 16.0 Å². The summed E-state index contributed by atoms with van der Waals surface area (Å²) in [6.45, 7) is 4.03. The lowest BCUT2D eigenvalue weighted by Crippen LogP contribution is -2.60. The molecule has 2 heterocycles. The number of furan rings is 1. The molecule has 0 aliphatic carbocycles. The molecule has 0 spiro atoms. The normalized spacial score (nSPS) is 21.4. The van der Waals surface area contributed by atoms with Gasteiger partial charge in [-0.15, -0.1) is 0 Å². The van der Waals surface area contributed by atoms with Crippen molar-refractivity contribution in [1.29, 1.82) is 0 Å². The molecule has 104 valence electrons. The smallest absolute Gasteiger partial charge is 0.243 e. The number of hydrogen-bond acceptors (Lipinski definition) is 3. The van der Waals surface area contributed by atoms with E-state index in [1.807, 2.05) is 26.0 Å². The van der Waals surface area contributed by atoms with E-state index in [9.17, 15) is 9.59 Å². The number of nitrogens with zero attached hydrogens (tertiary/aromatic N) is 1. The quantitative estimate of drug-likeness (QED) is 0.873. The maximum Gasteiger partial charge on any atom is 0.243 e. The van der Waals surface area contributed by atoms with Crippen LogP contribution in [0.3, 0.4) is 0 Å². The van der Waals surface area contributed by atoms with E-state index < -0.39 is 0 Å². The van der Waals surface area contributed by atoms with Crippen LogP contribution in [0.1, 0.15) is 32.4 Å². The molecule has 2 amide bonds. The first-order valence-electron chi connectivity index (χ1n) is 6.74. The van der Waals surface area contributed by atoms with Crippen LogP contribution in [0.5, 0.6) is 0 Å². The van der Waals surface area contributed by atoms with E-state index in [4.69, 9.17) is 4.42 Å². The minimum atomic E-state index is -0.340. The average molecular weight is 264 g/mol. The van der Waals surface area contributed by atoms with Gasteiger partial charge in [-0.2, -0.15) is 0 Å². The van der Waals surface area contributed by atoms with Crippen molar-refractivity contribution < 1.29 is 14.0 Å². The van der Waals surface area contributed by atoms with Gasteiger partial charge in [-0.05, 0) is 31.9 Å². The topological polar surface area (TPSA) is 62.6 Å². The summed E-state index contributed by atoms with van der Waals surface area (Å²) >= 11 is 0. The molecule has 0 bridgehead atoms. The summed E-state index contributed by atoms with van der Waals surface area (Å²) in [5, 5.41) is 2.64. The van der Waals surface area contributed by atoms with Gasteiger partial charge in [0, 0.05) is 12.5 Å². The Bertz CT molecular complexity index is 442. The fourth-order valence-electron chi connectivity index (χ4n) is 2.55. The van der Waals surface area contributed by atoms with Crippen LogP contribution in [0.15, 0.2) is 22.8 Å². The van der Waals surface area contributed by atoms with Crippen molar-refractivity contribution in [3.63, 3.8) is 0 Å². The minimum absolute atomic E-state index is 0.00149. The molecule has 1 saturated heterocycles. The molecular weight excluding hydrogens is 244 g/mol. The maximum absolute atomic E-state index is 12.0. The summed E-state index contributed by atoms with van der Waals surface area (Å²) in [6, 6.07) is 3.48. The summed E-state index contributed by atoms with van der Waals surface area (Å²) in [5.74, 6) is 0.860. The summed E-state index contributed by atoms with van der Waals surface area (Å²) in [4.78, 5) is 25.5. The molecule has 1 N–H and O–H groups in total. The fraction of sp³-hybridized carbons (Fsp3) is 0.571. The predicted molar refractivity (Wildman–Crippen MR) is 70.4 cm³/mol. The monoisotopic (exact) mass is 264 g/mol. The van der Waals surface area contributed by atoms with Gasteiger partial charge in [0.05, 0.1) is 12.8 Å². The van der Waals surface area contributed by atoms with Crippen LogP contribution in [0.2, 0.25) is 0 Å². The Morgan fingerprint density at radius 1 is 1.53 bits per heavy atom. The molecule has 1 aromatic heterocycles. The van der Waals surface area contributed by atoms with Gasteiger partial charge in [0.1, 0.15) is 11.8 Å². The first-order valence-corrected chi connectivity index (χ1v) is 6.74. The van der Waals surface area contributed by atoms with Gasteiger partial charge < -0.3 is 14.6 Å². The first kappa shape index (κ1) is 13.6. The standard InChI is InChI=1S/C14H20N2O3/c1-3-12-14(18)15-9-13(17)16(12)10(2)6-7-11-5-4-8-19-11/h4-5,8,10,12H,3,6-7,9H2,1-2H3,(H,15,18). The molecule has 5 heteroatoms. The van der Waals surface area contributed by atoms with Crippen molar-refractivity contribution in [2.45, 2.75) is 45.2 Å². The third kappa shape index (κ3) is 2.97. The zero-order valence-electron chi connectivity index (χ0n) is 11.4. The number of amides is 2. The van der Waals surface area contributed by atoms with Crippen molar-refractivity contribution in [1.82, 2.24) is 10.2 Å². The molecule has 19 heavy (non-hydrogen) atoms. The number of carbonyl (C=O) groups is 2. The molecule has 5 nitrogen and oxygen atoms in total. The largest absolute Gasteiger partial charge is 0.469 e. The Labute approximate surface area is 113 Å². The highest BCUT2D eigenvalue weighted by molar-refractivity contribution is 5.94. The van der Waals surface area contributed by atoms with Crippen LogP contribution < -0.4 is 5.32 Å². The van der Waals surface area contributed by atoms with Crippen LogP contribution >= 0.6 is 0 Å². The maximum atomic E-state index is 12.0. The SMILES string of the molecule is CCC1C(=O)NCC(=O)N1C(C)CCc1ccco1. The van der Waals surface area contributed by atoms with E-state index >= 15 is 0 Å². The zero-order valence-corrected chi connectivity index (χ0v) is 11.4. The minimum Gasteiger partial charge on any atom is -0.469 e. The second-order valence-electron chi connectivity index (χ2n) is 4.91. The Hall–Kier alpha value is -1.78. The van der Waals surface area contributed by atoms with Crippen molar-refractivity contribution in [2.75, 3.05) is 6.54 Å². The lowest BCUT2D eigenvalue weighted by molar-refractivity contribution is -0.148. The molecule has 1 aliphatic heterocycles. The third-order valence-corrected chi connectivity index (χ3v) is 3.59. The van der Waals surface area contributed by atoms with E-state index in [1.54, 1.807) is 11.2 Å². The lowest BCUT2D eigenvalue weighted by atomic mass is 10.0.